The molecule has 0 amide bonds. The number of rotatable bonds is 4. The van der Waals surface area contributed by atoms with Gasteiger partial charge in [-0.2, -0.15) is 0 Å². The third kappa shape index (κ3) is 5.18. The highest BCUT2D eigenvalue weighted by atomic mass is 35.6. The lowest BCUT2D eigenvalue weighted by molar-refractivity contribution is 0.402. The molecule has 0 aliphatic rings. The summed E-state index contributed by atoms with van der Waals surface area (Å²) in [6.07, 6.45) is 3.22. The Labute approximate surface area is 180 Å². The van der Waals surface area contributed by atoms with Gasteiger partial charge in [-0.3, -0.25) is 0 Å². The molecule has 1 aromatic heterocycles. The number of benzene rings is 1. The Morgan fingerprint density at radius 3 is 1.88 bits per heavy atom. The molecule has 0 bridgehead atoms. The summed E-state index contributed by atoms with van der Waals surface area (Å²) in [6.45, 7) is 0. The first kappa shape index (κ1) is 21.6. The van der Waals surface area contributed by atoms with Crippen LogP contribution in [0.25, 0.3) is 12.2 Å². The number of methoxy groups -OCH3 is 2. The van der Waals surface area contributed by atoms with Gasteiger partial charge in [-0.1, -0.05) is 81.8 Å². The molecule has 11 heteroatoms. The third-order valence-electron chi connectivity index (χ3n) is 3.20. The molecule has 2 aromatic rings. The summed E-state index contributed by atoms with van der Waals surface area (Å²) < 4.78 is 6.73. The molecular formula is C15H11Cl6N3O2. The van der Waals surface area contributed by atoms with Crippen LogP contribution in [0.15, 0.2) is 18.2 Å². The summed E-state index contributed by atoms with van der Waals surface area (Å²) in [5.41, 5.74) is 0.827. The fraction of sp³-hybridized carbons (Fsp3) is 0.267. The number of aromatic nitrogens is 3. The van der Waals surface area contributed by atoms with Gasteiger partial charge in [-0.25, -0.2) is 0 Å². The summed E-state index contributed by atoms with van der Waals surface area (Å²) in [7, 11) is 3.09. The Morgan fingerprint density at radius 1 is 0.846 bits per heavy atom. The van der Waals surface area contributed by atoms with Crippen molar-refractivity contribution < 1.29 is 9.47 Å². The van der Waals surface area contributed by atoms with E-state index in [4.69, 9.17) is 79.1 Å². The van der Waals surface area contributed by atoms with Crippen molar-refractivity contribution in [2.75, 3.05) is 14.2 Å². The third-order valence-corrected chi connectivity index (χ3v) is 4.28. The van der Waals surface area contributed by atoms with Crippen LogP contribution < -0.4 is 9.47 Å². The van der Waals surface area contributed by atoms with E-state index in [0.29, 0.717) is 17.1 Å². The Bertz CT molecular complexity index is 786. The summed E-state index contributed by atoms with van der Waals surface area (Å²) in [4.78, 5) is 0. The summed E-state index contributed by atoms with van der Waals surface area (Å²) >= 11 is 35.8. The minimum atomic E-state index is -1.90. The molecule has 0 saturated heterocycles. The van der Waals surface area contributed by atoms with Crippen molar-refractivity contribution in [1.82, 2.24) is 15.4 Å². The predicted octanol–water partition coefficient (Wildman–Crippen LogP) is 5.71. The topological polar surface area (TPSA) is 57.1 Å². The molecule has 0 N–H and O–H groups in total. The standard InChI is InChI=1S/C15H11Cl6N3O2/c1-25-9-4-6-11(26-2)8(7-9)3-5-10-12(14(16,17)18)22-24-23-13(10)15(19,20)21/h3-7H,1-2H3. The van der Waals surface area contributed by atoms with Crippen molar-refractivity contribution >= 4 is 81.8 Å². The molecule has 0 radical (unpaired) electrons. The van der Waals surface area contributed by atoms with Gasteiger partial charge >= 0.3 is 0 Å². The van der Waals surface area contributed by atoms with E-state index in [1.165, 1.54) is 7.11 Å². The molecule has 1 aromatic carbocycles. The molecule has 0 atom stereocenters. The number of halogens is 6. The van der Waals surface area contributed by atoms with Crippen LogP contribution in [0.3, 0.4) is 0 Å². The lowest BCUT2D eigenvalue weighted by Gasteiger charge is -2.18. The first-order valence-electron chi connectivity index (χ1n) is 6.85. The zero-order chi connectivity index (χ0) is 19.5. The number of hydrogen-bond donors (Lipinski definition) is 0. The SMILES string of the molecule is COc1ccc(OC)c(C=Cc2c(C(Cl)(Cl)Cl)nnnc2C(Cl)(Cl)Cl)c1. The van der Waals surface area contributed by atoms with Crippen molar-refractivity contribution in [3.8, 4) is 11.5 Å². The van der Waals surface area contributed by atoms with Crippen LogP contribution in [0.2, 0.25) is 0 Å². The van der Waals surface area contributed by atoms with Crippen LogP contribution in [-0.4, -0.2) is 29.6 Å². The molecule has 0 unspecified atom stereocenters. The second kappa shape index (κ2) is 8.55. The van der Waals surface area contributed by atoms with Crippen LogP contribution >= 0.6 is 69.6 Å². The maximum atomic E-state index is 5.97. The fourth-order valence-electron chi connectivity index (χ4n) is 2.05. The summed E-state index contributed by atoms with van der Waals surface area (Å²) in [6, 6.07) is 5.25. The largest absolute Gasteiger partial charge is 0.497 e. The molecule has 0 aliphatic carbocycles. The first-order valence-corrected chi connectivity index (χ1v) is 9.12. The van der Waals surface area contributed by atoms with Crippen LogP contribution in [-0.2, 0) is 7.59 Å². The summed E-state index contributed by atoms with van der Waals surface area (Å²) in [5.74, 6) is 1.21. The smallest absolute Gasteiger partial charge is 0.235 e. The monoisotopic (exact) mass is 475 g/mol. The number of hydrogen-bond acceptors (Lipinski definition) is 5. The molecule has 26 heavy (non-hydrogen) atoms. The van der Waals surface area contributed by atoms with E-state index >= 15 is 0 Å². The zero-order valence-corrected chi connectivity index (χ0v) is 17.8. The molecule has 140 valence electrons. The number of alkyl halides is 6. The fourth-order valence-corrected chi connectivity index (χ4v) is 2.89. The van der Waals surface area contributed by atoms with Crippen molar-refractivity contribution in [3.05, 3.63) is 40.7 Å². The normalized spacial score (nSPS) is 12.5. The maximum Gasteiger partial charge on any atom is 0.235 e. The Kier molecular flexibility index (Phi) is 7.10. The molecule has 0 fully saturated rings. The average Bonchev–Trinajstić information content (AvgIpc) is 2.57. The van der Waals surface area contributed by atoms with Gasteiger partial charge in [0.1, 0.15) is 22.9 Å². The van der Waals surface area contributed by atoms with Crippen LogP contribution in [0.5, 0.6) is 11.5 Å². The zero-order valence-electron chi connectivity index (χ0n) is 13.3. The molecule has 2 rings (SSSR count). The Balaban J connectivity index is 2.63. The highest BCUT2D eigenvalue weighted by Crippen LogP contribution is 2.45. The summed E-state index contributed by atoms with van der Waals surface area (Å²) in [5, 5.41) is 11.1. The second-order valence-electron chi connectivity index (χ2n) is 4.84. The lowest BCUT2D eigenvalue weighted by atomic mass is 10.1. The molecular weight excluding hydrogens is 467 g/mol. The van der Waals surface area contributed by atoms with E-state index in [2.05, 4.69) is 15.4 Å². The minimum Gasteiger partial charge on any atom is -0.497 e. The molecule has 0 saturated carbocycles. The maximum absolute atomic E-state index is 5.97. The van der Waals surface area contributed by atoms with Gasteiger partial charge in [0.25, 0.3) is 0 Å². The van der Waals surface area contributed by atoms with Crippen molar-refractivity contribution in [2.45, 2.75) is 7.59 Å². The van der Waals surface area contributed by atoms with Gasteiger partial charge in [-0.05, 0) is 23.4 Å². The van der Waals surface area contributed by atoms with Crippen molar-refractivity contribution in [1.29, 1.82) is 0 Å². The highest BCUT2D eigenvalue weighted by Gasteiger charge is 2.36. The van der Waals surface area contributed by atoms with Gasteiger partial charge in [0.15, 0.2) is 0 Å². The van der Waals surface area contributed by atoms with Gasteiger partial charge in [0.2, 0.25) is 7.59 Å². The molecule has 0 spiro atoms. The second-order valence-corrected chi connectivity index (χ2v) is 9.40. The Hall–Kier alpha value is -0.690. The predicted molar refractivity (Wildman–Crippen MR) is 107 cm³/mol. The van der Waals surface area contributed by atoms with E-state index in [1.807, 2.05) is 0 Å². The minimum absolute atomic E-state index is 0.0306. The molecule has 0 aliphatic heterocycles. The molecule has 5 nitrogen and oxygen atoms in total. The first-order chi connectivity index (χ1) is 12.1. The van der Waals surface area contributed by atoms with Crippen molar-refractivity contribution in [2.24, 2.45) is 0 Å². The Morgan fingerprint density at radius 2 is 1.42 bits per heavy atom. The lowest BCUT2D eigenvalue weighted by Crippen LogP contribution is -2.17. The number of ether oxygens (including phenoxy) is 2. The van der Waals surface area contributed by atoms with Gasteiger partial charge in [-0.15, -0.1) is 10.2 Å². The van der Waals surface area contributed by atoms with E-state index < -0.39 is 7.59 Å². The molecule has 1 heterocycles. The van der Waals surface area contributed by atoms with Crippen LogP contribution in [0.4, 0.5) is 0 Å². The number of nitrogens with zero attached hydrogens (tertiary/aromatic N) is 3. The van der Waals surface area contributed by atoms with Crippen molar-refractivity contribution in [3.63, 3.8) is 0 Å². The van der Waals surface area contributed by atoms with E-state index in [0.717, 1.165) is 0 Å². The van der Waals surface area contributed by atoms with Gasteiger partial charge in [0.05, 0.1) is 14.2 Å². The van der Waals surface area contributed by atoms with E-state index in [9.17, 15) is 0 Å². The quantitative estimate of drug-likeness (QED) is 0.528. The van der Waals surface area contributed by atoms with Gasteiger partial charge in [0, 0.05) is 11.1 Å². The van der Waals surface area contributed by atoms with Crippen LogP contribution in [0, 0.1) is 0 Å². The average molecular weight is 478 g/mol. The van der Waals surface area contributed by atoms with E-state index in [-0.39, 0.29) is 17.0 Å². The highest BCUT2D eigenvalue weighted by molar-refractivity contribution is 6.67. The van der Waals surface area contributed by atoms with Gasteiger partial charge < -0.3 is 9.47 Å². The van der Waals surface area contributed by atoms with E-state index in [1.54, 1.807) is 37.5 Å². The van der Waals surface area contributed by atoms with Crippen LogP contribution in [0.1, 0.15) is 22.5 Å².